The fourth-order valence-corrected chi connectivity index (χ4v) is 2.61. The van der Waals surface area contributed by atoms with Crippen molar-refractivity contribution >= 4 is 28.8 Å². The highest BCUT2D eigenvalue weighted by atomic mass is 16.3. The molecule has 0 aliphatic carbocycles. The molecule has 0 saturated heterocycles. The van der Waals surface area contributed by atoms with Gasteiger partial charge in [0.2, 0.25) is 0 Å². The zero-order chi connectivity index (χ0) is 17.3. The van der Waals surface area contributed by atoms with Gasteiger partial charge in [-0.2, -0.15) is 5.26 Å². The van der Waals surface area contributed by atoms with Gasteiger partial charge in [-0.1, -0.05) is 24.3 Å². The molecule has 2 aromatic carbocycles. The van der Waals surface area contributed by atoms with E-state index in [9.17, 15) is 20.0 Å². The number of hydrogen-bond acceptors (Lipinski definition) is 4. The van der Waals surface area contributed by atoms with E-state index < -0.39 is 11.8 Å². The summed E-state index contributed by atoms with van der Waals surface area (Å²) in [5.74, 6) is -1.11. The number of nitrogens with zero attached hydrogens (tertiary/aromatic N) is 2. The quantitative estimate of drug-likeness (QED) is 0.656. The molecular weight excluding hydrogens is 306 g/mol. The molecular formula is C18H13N3O3. The third-order valence-corrected chi connectivity index (χ3v) is 3.75. The molecule has 0 atom stereocenters. The first-order chi connectivity index (χ1) is 11.5. The van der Waals surface area contributed by atoms with E-state index in [1.807, 2.05) is 6.07 Å². The Kier molecular flexibility index (Phi) is 3.76. The third kappa shape index (κ3) is 2.48. The number of amides is 2. The lowest BCUT2D eigenvalue weighted by Gasteiger charge is -2.08. The molecule has 2 amide bonds. The first-order valence-electron chi connectivity index (χ1n) is 7.15. The maximum absolute atomic E-state index is 12.5. The monoisotopic (exact) mass is 319 g/mol. The molecule has 0 radical (unpaired) electrons. The third-order valence-electron chi connectivity index (χ3n) is 3.75. The molecule has 1 aliphatic heterocycles. The first kappa shape index (κ1) is 15.3. The average Bonchev–Trinajstić information content (AvgIpc) is 2.81. The van der Waals surface area contributed by atoms with Gasteiger partial charge in [0, 0.05) is 24.4 Å². The number of phenols is 1. The van der Waals surface area contributed by atoms with Crippen molar-refractivity contribution in [2.24, 2.45) is 0 Å². The van der Waals surface area contributed by atoms with E-state index >= 15 is 0 Å². The molecule has 0 aromatic heterocycles. The number of fused-ring (bicyclic) bond motifs is 1. The van der Waals surface area contributed by atoms with Crippen molar-refractivity contribution in [2.45, 2.75) is 0 Å². The number of carbonyl (C=O) groups excluding carboxylic acids is 2. The van der Waals surface area contributed by atoms with Crippen LogP contribution < -0.4 is 10.2 Å². The zero-order valence-electron chi connectivity index (χ0n) is 12.8. The molecule has 0 bridgehead atoms. The van der Waals surface area contributed by atoms with Crippen LogP contribution in [-0.4, -0.2) is 24.0 Å². The van der Waals surface area contributed by atoms with Gasteiger partial charge in [0.15, 0.2) is 0 Å². The highest BCUT2D eigenvalue weighted by Crippen LogP contribution is 2.37. The minimum absolute atomic E-state index is 0.0130. The highest BCUT2D eigenvalue weighted by molar-refractivity contribution is 6.37. The van der Waals surface area contributed by atoms with Gasteiger partial charge in [0.05, 0.1) is 11.3 Å². The summed E-state index contributed by atoms with van der Waals surface area (Å²) >= 11 is 0. The molecule has 2 aromatic rings. The second-order valence-corrected chi connectivity index (χ2v) is 5.25. The van der Waals surface area contributed by atoms with Gasteiger partial charge in [-0.05, 0) is 18.2 Å². The maximum Gasteiger partial charge on any atom is 0.267 e. The maximum atomic E-state index is 12.5. The summed E-state index contributed by atoms with van der Waals surface area (Å²) in [5.41, 5.74) is 1.34. The molecule has 0 unspecified atom stereocenters. The van der Waals surface area contributed by atoms with Gasteiger partial charge in [-0.25, -0.2) is 0 Å². The molecule has 0 saturated carbocycles. The molecule has 1 heterocycles. The van der Waals surface area contributed by atoms with Crippen molar-refractivity contribution in [3.8, 4) is 11.8 Å². The van der Waals surface area contributed by atoms with E-state index in [1.165, 1.54) is 17.0 Å². The van der Waals surface area contributed by atoms with E-state index in [2.05, 4.69) is 5.32 Å². The summed E-state index contributed by atoms with van der Waals surface area (Å²) in [4.78, 5) is 26.3. The van der Waals surface area contributed by atoms with Crippen molar-refractivity contribution in [1.29, 1.82) is 5.26 Å². The molecule has 0 spiro atoms. The molecule has 24 heavy (non-hydrogen) atoms. The van der Waals surface area contributed by atoms with E-state index in [0.717, 1.165) is 0 Å². The summed E-state index contributed by atoms with van der Waals surface area (Å²) in [7, 11) is 1.59. The number of nitrogens with one attached hydrogen (secondary N) is 1. The van der Waals surface area contributed by atoms with Gasteiger partial charge < -0.3 is 15.3 Å². The number of anilines is 2. The summed E-state index contributed by atoms with van der Waals surface area (Å²) in [6.45, 7) is 0. The number of para-hydroxylation sites is 1. The lowest BCUT2D eigenvalue weighted by Crippen LogP contribution is -2.23. The Morgan fingerprint density at radius 2 is 1.96 bits per heavy atom. The first-order valence-corrected chi connectivity index (χ1v) is 7.15. The van der Waals surface area contributed by atoms with Crippen molar-refractivity contribution in [1.82, 2.24) is 0 Å². The van der Waals surface area contributed by atoms with Gasteiger partial charge in [-0.3, -0.25) is 9.59 Å². The van der Waals surface area contributed by atoms with Crippen LogP contribution in [0.3, 0.4) is 0 Å². The smallest absolute Gasteiger partial charge is 0.267 e. The molecule has 6 nitrogen and oxygen atoms in total. The van der Waals surface area contributed by atoms with Crippen molar-refractivity contribution in [2.75, 3.05) is 17.3 Å². The molecule has 2 N–H and O–H groups in total. The Morgan fingerprint density at radius 3 is 2.67 bits per heavy atom. The molecule has 0 fully saturated rings. The molecule has 6 heteroatoms. The predicted molar refractivity (Wildman–Crippen MR) is 89.1 cm³/mol. The molecule has 118 valence electrons. The Labute approximate surface area is 138 Å². The van der Waals surface area contributed by atoms with Crippen LogP contribution in [0.1, 0.15) is 5.56 Å². The topological polar surface area (TPSA) is 93.4 Å². The lowest BCUT2D eigenvalue weighted by molar-refractivity contribution is -0.114. The van der Waals surface area contributed by atoms with Crippen LogP contribution in [0.15, 0.2) is 54.1 Å². The second kappa shape index (κ2) is 5.89. The van der Waals surface area contributed by atoms with E-state index in [-0.39, 0.29) is 16.9 Å². The fourth-order valence-electron chi connectivity index (χ4n) is 2.61. The van der Waals surface area contributed by atoms with Crippen LogP contribution in [0.25, 0.3) is 5.57 Å². The zero-order valence-corrected chi connectivity index (χ0v) is 12.8. The van der Waals surface area contributed by atoms with Gasteiger partial charge in [-0.15, -0.1) is 0 Å². The number of aromatic hydroxyl groups is 1. The van der Waals surface area contributed by atoms with Crippen LogP contribution in [0.2, 0.25) is 0 Å². The minimum Gasteiger partial charge on any atom is -0.508 e. The van der Waals surface area contributed by atoms with Crippen molar-refractivity contribution in [3.63, 3.8) is 0 Å². The standard InChI is InChI=1S/C18H13N3O3/c1-21-15-8-3-2-7-13(15)16(18(21)24)14(10-19)17(23)20-11-5-4-6-12(22)9-11/h2-9,22H,1H3,(H,20,23)/b16-14-. The van der Waals surface area contributed by atoms with Crippen LogP contribution >= 0.6 is 0 Å². The van der Waals surface area contributed by atoms with Gasteiger partial charge >= 0.3 is 0 Å². The number of rotatable bonds is 2. The van der Waals surface area contributed by atoms with E-state index in [0.29, 0.717) is 16.9 Å². The van der Waals surface area contributed by atoms with Crippen LogP contribution in [-0.2, 0) is 9.59 Å². The summed E-state index contributed by atoms with van der Waals surface area (Å²) in [5, 5.41) is 21.4. The highest BCUT2D eigenvalue weighted by Gasteiger charge is 2.34. The fraction of sp³-hybridized carbons (Fsp3) is 0.0556. The van der Waals surface area contributed by atoms with Crippen LogP contribution in [0.4, 0.5) is 11.4 Å². The predicted octanol–water partition coefficient (Wildman–Crippen LogP) is 2.28. The Morgan fingerprint density at radius 1 is 1.21 bits per heavy atom. The number of nitriles is 1. The molecule has 3 rings (SSSR count). The van der Waals surface area contributed by atoms with Crippen molar-refractivity contribution in [3.05, 3.63) is 59.7 Å². The second-order valence-electron chi connectivity index (χ2n) is 5.25. The Bertz CT molecular complexity index is 925. The number of likely N-dealkylation sites (N-methyl/N-ethyl adjacent to an activating group) is 1. The lowest BCUT2D eigenvalue weighted by atomic mass is 10.0. The van der Waals surface area contributed by atoms with Gasteiger partial charge in [0.1, 0.15) is 17.4 Å². The number of hydrogen-bond donors (Lipinski definition) is 2. The Hall–Kier alpha value is -3.59. The number of carbonyl (C=O) groups is 2. The number of phenolic OH excluding ortho intramolecular Hbond substituents is 1. The summed E-state index contributed by atoms with van der Waals surface area (Å²) in [6, 6.07) is 14.8. The molecule has 1 aliphatic rings. The van der Waals surface area contributed by atoms with E-state index in [1.54, 1.807) is 43.4 Å². The van der Waals surface area contributed by atoms with Crippen LogP contribution in [0, 0.1) is 11.3 Å². The van der Waals surface area contributed by atoms with Crippen LogP contribution in [0.5, 0.6) is 5.75 Å². The summed E-state index contributed by atoms with van der Waals surface area (Å²) in [6.07, 6.45) is 0. The largest absolute Gasteiger partial charge is 0.508 e. The normalized spacial score (nSPS) is 14.8. The number of benzene rings is 2. The SMILES string of the molecule is CN1C(=O)/C(=C(/C#N)C(=O)Nc2cccc(O)c2)c2ccccc21. The van der Waals surface area contributed by atoms with Gasteiger partial charge in [0.25, 0.3) is 11.8 Å². The summed E-state index contributed by atoms with van der Waals surface area (Å²) < 4.78 is 0. The minimum atomic E-state index is -0.698. The van der Waals surface area contributed by atoms with Crippen molar-refractivity contribution < 1.29 is 14.7 Å². The van der Waals surface area contributed by atoms with E-state index in [4.69, 9.17) is 0 Å². The average molecular weight is 319 g/mol. The Balaban J connectivity index is 2.05.